The summed E-state index contributed by atoms with van der Waals surface area (Å²) in [6.45, 7) is 53.7. The first-order chi connectivity index (χ1) is 27.5. The fourth-order valence-corrected chi connectivity index (χ4v) is 38.7. The second-order valence-corrected chi connectivity index (χ2v) is 59.3. The lowest BCUT2D eigenvalue weighted by atomic mass is 9.84. The smallest absolute Gasteiger partial charge is 0.0806 e. The zero-order valence-corrected chi connectivity index (χ0v) is 52.8. The van der Waals surface area contributed by atoms with Crippen molar-refractivity contribution < 1.29 is 0 Å². The number of benzene rings is 3. The van der Waals surface area contributed by atoms with Gasteiger partial charge in [-0.05, 0) is 115 Å². The molecule has 0 nitrogen and oxygen atoms in total. The van der Waals surface area contributed by atoms with E-state index < -0.39 is 24.2 Å². The molecule has 0 radical (unpaired) electrons. The second-order valence-electron chi connectivity index (χ2n) is 23.1. The summed E-state index contributed by atoms with van der Waals surface area (Å²) >= 11 is 26.4. The van der Waals surface area contributed by atoms with E-state index in [1.165, 1.54) is 0 Å². The minimum Gasteiger partial charge on any atom is -0.107 e. The summed E-state index contributed by atoms with van der Waals surface area (Å²) in [4.78, 5) is 19.5. The predicted molar refractivity (Wildman–Crippen MR) is 304 cm³/mol. The van der Waals surface area contributed by atoms with E-state index in [2.05, 4.69) is 283 Å². The third-order valence-electron chi connectivity index (χ3n) is 11.4. The van der Waals surface area contributed by atoms with Crippen molar-refractivity contribution in [3.05, 3.63) is 16.7 Å². The van der Waals surface area contributed by atoms with Gasteiger partial charge in [0, 0.05) is 64.7 Å². The van der Waals surface area contributed by atoms with Crippen molar-refractivity contribution in [2.75, 3.05) is 0 Å². The summed E-state index contributed by atoms with van der Waals surface area (Å²) < 4.78 is 0.366. The lowest BCUT2D eigenvalue weighted by Gasteiger charge is -2.34. The molecule has 0 saturated heterocycles. The van der Waals surface area contributed by atoms with Crippen LogP contribution in [0.25, 0.3) is 0 Å². The zero-order valence-electron chi connectivity index (χ0n) is 40.0. The van der Waals surface area contributed by atoms with Crippen molar-refractivity contribution in [1.82, 2.24) is 0 Å². The first-order valence-electron chi connectivity index (χ1n) is 21.5. The van der Waals surface area contributed by atoms with Crippen LogP contribution < -0.4 is 15.6 Å². The van der Waals surface area contributed by atoms with E-state index in [1.807, 2.05) is 0 Å². The van der Waals surface area contributed by atoms with Crippen molar-refractivity contribution in [1.29, 1.82) is 0 Å². The van der Waals surface area contributed by atoms with Gasteiger partial charge in [-0.1, -0.05) is 58.9 Å². The Morgan fingerprint density at radius 1 is 0.246 bits per heavy atom. The van der Waals surface area contributed by atoms with Gasteiger partial charge in [0.2, 0.25) is 0 Å². The SMILES string of the molecule is CC1(C)Sc2c(c([Si](C)(C)C)c3c(c2C(c2c4c(c([Si](C)(C)C)c5c2SC(C)(C)S5)SC(C)(C)S4)c2c4c(c([Si](C)(C)C)c5c2SC(C)(C)S5)SC(C)(C)S4)SC(C)(C)S3)S1. The van der Waals surface area contributed by atoms with Gasteiger partial charge in [-0.25, -0.2) is 0 Å². The van der Waals surface area contributed by atoms with Crippen LogP contribution in [-0.4, -0.2) is 48.7 Å². The zero-order chi connectivity index (χ0) is 45.0. The van der Waals surface area contributed by atoms with Crippen LogP contribution in [0.5, 0.6) is 0 Å². The summed E-state index contributed by atoms with van der Waals surface area (Å²) in [5, 5.41) is 5.19. The average molecular weight is 1090 g/mol. The molecule has 3 aromatic rings. The normalized spacial score (nSPS) is 23.3. The molecule has 6 heterocycles. The number of hydrogen-bond acceptors (Lipinski definition) is 12. The van der Waals surface area contributed by atoms with Crippen LogP contribution >= 0.6 is 141 Å². The van der Waals surface area contributed by atoms with Crippen LogP contribution in [0.3, 0.4) is 0 Å². The molecule has 15 heteroatoms. The first-order valence-corrected chi connectivity index (χ1v) is 41.8. The minimum atomic E-state index is -1.78. The summed E-state index contributed by atoms with van der Waals surface area (Å²) in [6.07, 6.45) is 0. The van der Waals surface area contributed by atoms with E-state index in [4.69, 9.17) is 0 Å². The maximum atomic E-state index is 2.62. The first kappa shape index (κ1) is 48.5. The number of hydrogen-bond donors (Lipinski definition) is 0. The standard InChI is InChI=1S/C46H64S12Si3/c1-41(2)47-26-23(27-33(54-42(3,4)48-27)38(32(26)53-41)59(13,14)15)22(24-28-34(55-43(5,6)49-28)39(60(16,17)18)35-29(24)50-44(7,8)56-35)25-30-36(57-45(9,10)51-30)40(61(19,20)21)37-31(25)52-46(11,12)58-37/h22H,1-21H3. The highest BCUT2D eigenvalue weighted by Gasteiger charge is 2.54. The molecule has 3 aromatic carbocycles. The minimum absolute atomic E-state index is 0.0610. The van der Waals surface area contributed by atoms with Gasteiger partial charge in [-0.15, -0.1) is 141 Å². The molecule has 0 aromatic heterocycles. The molecule has 0 amide bonds. The van der Waals surface area contributed by atoms with E-state index in [9.17, 15) is 0 Å². The fourth-order valence-electron chi connectivity index (χ4n) is 9.56. The highest BCUT2D eigenvalue weighted by Crippen LogP contribution is 2.73. The Balaban J connectivity index is 1.54. The summed E-state index contributed by atoms with van der Waals surface area (Å²) in [5.41, 5.74) is 4.97. The van der Waals surface area contributed by atoms with Crippen LogP contribution in [0.2, 0.25) is 58.9 Å². The van der Waals surface area contributed by atoms with Crippen molar-refractivity contribution in [3.63, 3.8) is 0 Å². The number of thioether (sulfide) groups is 12. The quantitative estimate of drug-likeness (QED) is 0.171. The summed E-state index contributed by atoms with van der Waals surface area (Å²) in [7, 11) is -5.33. The van der Waals surface area contributed by atoms with Crippen molar-refractivity contribution in [3.8, 4) is 0 Å². The van der Waals surface area contributed by atoms with Gasteiger partial charge in [0.15, 0.2) is 0 Å². The molecule has 0 spiro atoms. The number of rotatable bonds is 6. The van der Waals surface area contributed by atoms with Crippen molar-refractivity contribution in [2.24, 2.45) is 0 Å². The molecule has 332 valence electrons. The van der Waals surface area contributed by atoms with Gasteiger partial charge in [0.05, 0.1) is 48.7 Å². The van der Waals surface area contributed by atoms with Crippen LogP contribution in [0.4, 0.5) is 0 Å². The highest BCUT2D eigenvalue weighted by molar-refractivity contribution is 8.23. The molecule has 0 fully saturated rings. The Labute approximate surface area is 423 Å². The summed E-state index contributed by atoms with van der Waals surface area (Å²) in [5.74, 6) is 0.117. The third kappa shape index (κ3) is 8.46. The fraction of sp³-hybridized carbons (Fsp3) is 0.609. The van der Waals surface area contributed by atoms with E-state index in [0.717, 1.165) is 0 Å². The number of fused-ring (bicyclic) bond motifs is 6. The monoisotopic (exact) mass is 1080 g/mol. The molecule has 0 unspecified atom stereocenters. The molecule has 0 N–H and O–H groups in total. The van der Waals surface area contributed by atoms with Gasteiger partial charge in [-0.2, -0.15) is 0 Å². The Kier molecular flexibility index (Phi) is 11.9. The van der Waals surface area contributed by atoms with Crippen molar-refractivity contribution >= 4 is 181 Å². The second kappa shape index (κ2) is 15.0. The van der Waals surface area contributed by atoms with Gasteiger partial charge >= 0.3 is 0 Å². The molecule has 61 heavy (non-hydrogen) atoms. The molecule has 6 aliphatic heterocycles. The Morgan fingerprint density at radius 2 is 0.377 bits per heavy atom. The van der Waals surface area contributed by atoms with E-state index in [-0.39, 0.29) is 30.4 Å². The highest BCUT2D eigenvalue weighted by atomic mass is 32.2. The molecule has 0 atom stereocenters. The molecule has 0 bridgehead atoms. The van der Waals surface area contributed by atoms with E-state index in [0.29, 0.717) is 0 Å². The Morgan fingerprint density at radius 3 is 0.508 bits per heavy atom. The Hall–Kier alpha value is 2.51. The molecule has 0 aliphatic carbocycles. The molecular formula is C46H64S12Si3. The van der Waals surface area contributed by atoms with Crippen LogP contribution in [-0.2, 0) is 0 Å². The largest absolute Gasteiger partial charge is 0.107 e. The van der Waals surface area contributed by atoms with Gasteiger partial charge in [0.25, 0.3) is 0 Å². The van der Waals surface area contributed by atoms with Crippen LogP contribution in [0.15, 0.2) is 58.7 Å². The van der Waals surface area contributed by atoms with Gasteiger partial charge in [0.1, 0.15) is 0 Å². The van der Waals surface area contributed by atoms with Crippen LogP contribution in [0, 0.1) is 0 Å². The maximum Gasteiger partial charge on any atom is 0.0806 e. The molecule has 6 aliphatic rings. The van der Waals surface area contributed by atoms with Gasteiger partial charge < -0.3 is 0 Å². The molecular weight excluding hydrogens is 1020 g/mol. The third-order valence-corrected chi connectivity index (χ3v) is 35.6. The summed E-state index contributed by atoms with van der Waals surface area (Å²) in [6, 6.07) is 0. The van der Waals surface area contributed by atoms with E-state index >= 15 is 0 Å². The maximum absolute atomic E-state index is 2.62. The predicted octanol–water partition coefficient (Wildman–Crippen LogP) is 18.1. The Bertz CT molecular complexity index is 2060. The lowest BCUT2D eigenvalue weighted by Crippen LogP contribution is -2.42. The van der Waals surface area contributed by atoms with E-state index in [1.54, 1.807) is 91.0 Å². The van der Waals surface area contributed by atoms with Crippen molar-refractivity contribution in [2.45, 2.75) is 231 Å². The van der Waals surface area contributed by atoms with Crippen LogP contribution in [0.1, 0.15) is 106 Å². The lowest BCUT2D eigenvalue weighted by molar-refractivity contribution is 0.774. The molecule has 0 saturated carbocycles. The topological polar surface area (TPSA) is 0 Å². The average Bonchev–Trinajstić information content (AvgIpc) is 3.83. The van der Waals surface area contributed by atoms with Gasteiger partial charge in [-0.3, -0.25) is 0 Å². The molecule has 9 rings (SSSR count).